The normalized spacial score (nSPS) is 45.5. The quantitative estimate of drug-likeness (QED) is 0.382. The van der Waals surface area contributed by atoms with E-state index in [4.69, 9.17) is 0 Å². The predicted molar refractivity (Wildman–Crippen MR) is 146 cm³/mol. The van der Waals surface area contributed by atoms with Crippen LogP contribution in [0.2, 0.25) is 0 Å². The molecular weight excluding hydrogens is 444 g/mol. The lowest BCUT2D eigenvalue weighted by Crippen LogP contribution is -2.65. The van der Waals surface area contributed by atoms with E-state index in [1.165, 1.54) is 24.0 Å². The SMILES string of the molecule is C=C(C)[C@@H]1CC[C@]2(C(=O)NCCO)CC[C@]3(C)[C@H](CC[C@@H]4[C@@](C)(CCC#N)[C@H](C(=C)C)CC[C@]43C)[C@@H]12. The molecule has 0 aromatic heterocycles. The van der Waals surface area contributed by atoms with Crippen molar-refractivity contribution >= 4 is 5.91 Å². The maximum atomic E-state index is 13.7. The minimum Gasteiger partial charge on any atom is -0.395 e. The van der Waals surface area contributed by atoms with E-state index in [0.29, 0.717) is 42.6 Å². The minimum absolute atomic E-state index is 0.0114. The fourth-order valence-corrected chi connectivity index (χ4v) is 10.7. The number of aliphatic hydroxyl groups excluding tert-OH is 1. The number of nitrogens with one attached hydrogen (secondary N) is 1. The van der Waals surface area contributed by atoms with E-state index in [-0.39, 0.29) is 34.2 Å². The van der Waals surface area contributed by atoms with Crippen LogP contribution in [0.25, 0.3) is 0 Å². The third-order valence-corrected chi connectivity index (χ3v) is 12.6. The van der Waals surface area contributed by atoms with Crippen molar-refractivity contribution in [1.82, 2.24) is 5.32 Å². The summed E-state index contributed by atoms with van der Waals surface area (Å²) >= 11 is 0. The van der Waals surface area contributed by atoms with Gasteiger partial charge < -0.3 is 10.4 Å². The highest BCUT2D eigenvalue weighted by Crippen LogP contribution is 2.76. The Morgan fingerprint density at radius 3 is 2.33 bits per heavy atom. The number of rotatable bonds is 7. The molecule has 0 heterocycles. The van der Waals surface area contributed by atoms with Gasteiger partial charge in [0.15, 0.2) is 0 Å². The smallest absolute Gasteiger partial charge is 0.226 e. The van der Waals surface area contributed by atoms with Crippen LogP contribution in [-0.2, 0) is 4.79 Å². The van der Waals surface area contributed by atoms with Gasteiger partial charge in [0.2, 0.25) is 5.91 Å². The zero-order chi connectivity index (χ0) is 26.5. The lowest BCUT2D eigenvalue weighted by Gasteiger charge is -2.70. The molecular formula is C32H50N2O2. The monoisotopic (exact) mass is 494 g/mol. The number of fused-ring (bicyclic) bond motifs is 5. The number of amides is 1. The number of nitrogens with zero attached hydrogens (tertiary/aromatic N) is 1. The summed E-state index contributed by atoms with van der Waals surface area (Å²) in [5.74, 6) is 2.43. The van der Waals surface area contributed by atoms with E-state index in [0.717, 1.165) is 44.9 Å². The van der Waals surface area contributed by atoms with Crippen LogP contribution in [0.4, 0.5) is 0 Å². The summed E-state index contributed by atoms with van der Waals surface area (Å²) in [7, 11) is 0. The Hall–Kier alpha value is -1.60. The molecule has 4 fully saturated rings. The van der Waals surface area contributed by atoms with Gasteiger partial charge in [0, 0.05) is 13.0 Å². The van der Waals surface area contributed by atoms with Gasteiger partial charge in [0.25, 0.3) is 0 Å². The molecule has 36 heavy (non-hydrogen) atoms. The number of nitriles is 1. The zero-order valence-electron chi connectivity index (χ0n) is 23.6. The zero-order valence-corrected chi connectivity index (χ0v) is 23.6. The highest BCUT2D eigenvalue weighted by molar-refractivity contribution is 5.83. The van der Waals surface area contributed by atoms with Gasteiger partial charge in [-0.2, -0.15) is 5.26 Å². The molecule has 0 bridgehead atoms. The van der Waals surface area contributed by atoms with Gasteiger partial charge in [-0.05, 0) is 117 Å². The van der Waals surface area contributed by atoms with Crippen molar-refractivity contribution in [2.75, 3.05) is 13.2 Å². The largest absolute Gasteiger partial charge is 0.395 e. The Kier molecular flexibility index (Phi) is 7.32. The molecule has 2 N–H and O–H groups in total. The second-order valence-corrected chi connectivity index (χ2v) is 13.8. The van der Waals surface area contributed by atoms with Crippen LogP contribution in [-0.4, -0.2) is 24.2 Å². The number of hydrogen-bond acceptors (Lipinski definition) is 3. The second-order valence-electron chi connectivity index (χ2n) is 13.8. The van der Waals surface area contributed by atoms with Gasteiger partial charge in [-0.15, -0.1) is 0 Å². The number of allylic oxidation sites excluding steroid dienone is 2. The molecule has 4 aliphatic rings. The second kappa shape index (κ2) is 9.61. The molecule has 0 saturated heterocycles. The Balaban J connectivity index is 1.76. The molecule has 0 radical (unpaired) electrons. The van der Waals surface area contributed by atoms with E-state index in [1.54, 1.807) is 0 Å². The van der Waals surface area contributed by atoms with Crippen LogP contribution in [0.3, 0.4) is 0 Å². The van der Waals surface area contributed by atoms with Crippen molar-refractivity contribution < 1.29 is 9.90 Å². The molecule has 9 atom stereocenters. The summed E-state index contributed by atoms with van der Waals surface area (Å²) in [6.07, 6.45) is 10.3. The molecule has 0 aromatic rings. The van der Waals surface area contributed by atoms with Gasteiger partial charge in [0.1, 0.15) is 0 Å². The summed E-state index contributed by atoms with van der Waals surface area (Å²) < 4.78 is 0. The molecule has 1 amide bonds. The van der Waals surface area contributed by atoms with Crippen molar-refractivity contribution in [3.63, 3.8) is 0 Å². The molecule has 4 nitrogen and oxygen atoms in total. The first-order valence-corrected chi connectivity index (χ1v) is 14.5. The molecule has 200 valence electrons. The van der Waals surface area contributed by atoms with E-state index in [1.807, 2.05) is 0 Å². The third-order valence-electron chi connectivity index (χ3n) is 12.6. The number of carbonyl (C=O) groups excluding carboxylic acids is 1. The lowest BCUT2D eigenvalue weighted by molar-refractivity contribution is -0.215. The third kappa shape index (κ3) is 3.74. The standard InChI is InChI=1S/C32H50N2O2/c1-21(2)23-11-15-32(28(36)34-19-20-35)17-16-30(6)25(27(23)32)9-10-26-29(5,13-8-18-33)24(22(3)4)12-14-31(26,30)7/h23-27,35H,1,3,8-17,19-20H2,2,4-7H3,(H,34,36)/t23-,24-,25+,26+,27+,29-,30+,31+,32-/m0/s1. The maximum Gasteiger partial charge on any atom is 0.226 e. The topological polar surface area (TPSA) is 73.1 Å². The average Bonchev–Trinajstić information content (AvgIpc) is 3.23. The van der Waals surface area contributed by atoms with Gasteiger partial charge in [0.05, 0.1) is 18.1 Å². The highest BCUT2D eigenvalue weighted by Gasteiger charge is 2.70. The Morgan fingerprint density at radius 1 is 1.00 bits per heavy atom. The van der Waals surface area contributed by atoms with Crippen molar-refractivity contribution in [3.8, 4) is 6.07 Å². The molecule has 4 aliphatic carbocycles. The minimum atomic E-state index is -0.328. The van der Waals surface area contributed by atoms with Crippen LogP contribution >= 0.6 is 0 Å². The molecule has 4 saturated carbocycles. The molecule has 0 aliphatic heterocycles. The van der Waals surface area contributed by atoms with Crippen LogP contribution in [0.15, 0.2) is 24.3 Å². The molecule has 0 spiro atoms. The van der Waals surface area contributed by atoms with Crippen molar-refractivity contribution in [3.05, 3.63) is 24.3 Å². The molecule has 4 rings (SSSR count). The Labute approximate surface area is 220 Å². The summed E-state index contributed by atoms with van der Waals surface area (Å²) in [6, 6.07) is 2.45. The fraction of sp³-hybridized carbons (Fsp3) is 0.812. The highest BCUT2D eigenvalue weighted by atomic mass is 16.3. The van der Waals surface area contributed by atoms with E-state index in [9.17, 15) is 15.2 Å². The van der Waals surface area contributed by atoms with E-state index in [2.05, 4.69) is 59.2 Å². The van der Waals surface area contributed by atoms with Crippen molar-refractivity contribution in [2.24, 2.45) is 51.2 Å². The van der Waals surface area contributed by atoms with Gasteiger partial charge in [-0.1, -0.05) is 45.1 Å². The number of hydrogen-bond donors (Lipinski definition) is 2. The van der Waals surface area contributed by atoms with Crippen molar-refractivity contribution in [1.29, 1.82) is 5.26 Å². The summed E-state index contributed by atoms with van der Waals surface area (Å²) in [4.78, 5) is 13.7. The van der Waals surface area contributed by atoms with Gasteiger partial charge >= 0.3 is 0 Å². The molecule has 4 heteroatoms. The first-order chi connectivity index (χ1) is 16.9. The Morgan fingerprint density at radius 2 is 1.72 bits per heavy atom. The van der Waals surface area contributed by atoms with E-state index < -0.39 is 0 Å². The summed E-state index contributed by atoms with van der Waals surface area (Å²) in [6.45, 7) is 21.1. The fourth-order valence-electron chi connectivity index (χ4n) is 10.7. The number of carbonyl (C=O) groups is 1. The molecule has 0 aromatic carbocycles. The average molecular weight is 495 g/mol. The summed E-state index contributed by atoms with van der Waals surface area (Å²) in [5.41, 5.74) is 2.63. The molecule has 0 unspecified atom stereocenters. The van der Waals surface area contributed by atoms with Crippen LogP contribution in [0.1, 0.15) is 98.8 Å². The van der Waals surface area contributed by atoms with Crippen molar-refractivity contribution in [2.45, 2.75) is 98.8 Å². The number of aliphatic hydroxyl groups is 1. The van der Waals surface area contributed by atoms with Crippen LogP contribution < -0.4 is 5.32 Å². The first kappa shape index (κ1) is 27.4. The predicted octanol–water partition coefficient (Wildman–Crippen LogP) is 6.81. The maximum absolute atomic E-state index is 13.7. The van der Waals surface area contributed by atoms with Crippen LogP contribution in [0, 0.1) is 62.6 Å². The first-order valence-electron chi connectivity index (χ1n) is 14.5. The lowest BCUT2D eigenvalue weighted by atomic mass is 9.34. The van der Waals surface area contributed by atoms with E-state index >= 15 is 0 Å². The van der Waals surface area contributed by atoms with Crippen LogP contribution in [0.5, 0.6) is 0 Å². The Bertz CT molecular complexity index is 950. The van der Waals surface area contributed by atoms with Gasteiger partial charge in [-0.3, -0.25) is 4.79 Å². The summed E-state index contributed by atoms with van der Waals surface area (Å²) in [5, 5.41) is 22.0. The van der Waals surface area contributed by atoms with Gasteiger partial charge in [-0.25, -0.2) is 0 Å².